The van der Waals surface area contributed by atoms with Crippen LogP contribution in [0.15, 0.2) is 36.0 Å². The minimum atomic E-state index is -1.16. The largest absolute Gasteiger partial charge is 0.480 e. The lowest BCUT2D eigenvalue weighted by Gasteiger charge is -2.15. The highest BCUT2D eigenvalue weighted by Gasteiger charge is 2.17. The van der Waals surface area contributed by atoms with Gasteiger partial charge in [-0.2, -0.15) is 5.26 Å². The van der Waals surface area contributed by atoms with Crippen LogP contribution in [-0.2, 0) is 9.59 Å². The minimum Gasteiger partial charge on any atom is -0.480 e. The van der Waals surface area contributed by atoms with Gasteiger partial charge in [-0.3, -0.25) is 9.59 Å². The number of hydrogen-bond donors (Lipinski definition) is 3. The van der Waals surface area contributed by atoms with Gasteiger partial charge in [-0.15, -0.1) is 0 Å². The fourth-order valence-corrected chi connectivity index (χ4v) is 1.91. The van der Waals surface area contributed by atoms with Crippen LogP contribution in [0, 0.1) is 11.3 Å². The summed E-state index contributed by atoms with van der Waals surface area (Å²) >= 11 is 0. The predicted molar refractivity (Wildman–Crippen MR) is 87.7 cm³/mol. The molecule has 0 aromatic heterocycles. The van der Waals surface area contributed by atoms with Crippen LogP contribution in [0.5, 0.6) is 0 Å². The predicted octanol–water partition coefficient (Wildman–Crippen LogP) is 2.61. The highest BCUT2D eigenvalue weighted by atomic mass is 16.4. The molecular weight excluding hydrogens is 294 g/mol. The molecule has 0 fully saturated rings. The maximum atomic E-state index is 11.9. The van der Waals surface area contributed by atoms with Gasteiger partial charge in [-0.1, -0.05) is 32.0 Å². The third kappa shape index (κ3) is 5.15. The Labute approximate surface area is 135 Å². The second-order valence-electron chi connectivity index (χ2n) is 5.24. The average molecular weight is 315 g/mol. The number of carboxylic acid groups (broad SMARTS) is 1. The van der Waals surface area contributed by atoms with Gasteiger partial charge in [0.15, 0.2) is 0 Å². The molecule has 1 rings (SSSR count). The van der Waals surface area contributed by atoms with Crippen LogP contribution in [0.25, 0.3) is 0 Å². The summed E-state index contributed by atoms with van der Waals surface area (Å²) in [6, 6.07) is 8.36. The molecule has 6 heteroatoms. The molecule has 0 aliphatic heterocycles. The Morgan fingerprint density at radius 2 is 2.00 bits per heavy atom. The second kappa shape index (κ2) is 8.59. The molecule has 1 amide bonds. The number of nitriles is 1. The number of hydrogen-bond acceptors (Lipinski definition) is 4. The van der Waals surface area contributed by atoms with Crippen LogP contribution in [0.4, 0.5) is 5.69 Å². The van der Waals surface area contributed by atoms with E-state index in [-0.39, 0.29) is 5.57 Å². The molecule has 1 aromatic carbocycles. The first-order valence-electron chi connectivity index (χ1n) is 7.40. The van der Waals surface area contributed by atoms with Crippen molar-refractivity contribution in [3.63, 3.8) is 0 Å². The maximum absolute atomic E-state index is 11.9. The number of carbonyl (C=O) groups excluding carboxylic acids is 1. The quantitative estimate of drug-likeness (QED) is 0.530. The van der Waals surface area contributed by atoms with Crippen molar-refractivity contribution in [2.24, 2.45) is 0 Å². The van der Waals surface area contributed by atoms with E-state index in [0.29, 0.717) is 5.92 Å². The molecule has 0 spiro atoms. The summed E-state index contributed by atoms with van der Waals surface area (Å²) < 4.78 is 0. The molecule has 0 saturated carbocycles. The molecule has 0 radical (unpaired) electrons. The zero-order valence-electron chi connectivity index (χ0n) is 13.5. The van der Waals surface area contributed by atoms with Crippen molar-refractivity contribution < 1.29 is 14.7 Å². The first-order valence-corrected chi connectivity index (χ1v) is 7.40. The van der Waals surface area contributed by atoms with Gasteiger partial charge < -0.3 is 15.7 Å². The van der Waals surface area contributed by atoms with Crippen molar-refractivity contribution in [1.29, 1.82) is 5.26 Å². The van der Waals surface area contributed by atoms with Gasteiger partial charge in [0, 0.05) is 11.9 Å². The molecule has 122 valence electrons. The summed E-state index contributed by atoms with van der Waals surface area (Å²) in [4.78, 5) is 22.6. The zero-order chi connectivity index (χ0) is 17.4. The van der Waals surface area contributed by atoms with Gasteiger partial charge in [0.25, 0.3) is 5.91 Å². The summed E-state index contributed by atoms with van der Waals surface area (Å²) in [6.45, 7) is 5.51. The number of carbonyl (C=O) groups is 2. The number of aliphatic carboxylic acids is 1. The fourth-order valence-electron chi connectivity index (χ4n) is 1.91. The molecule has 2 unspecified atom stereocenters. The number of anilines is 1. The monoisotopic (exact) mass is 315 g/mol. The Bertz CT molecular complexity index is 647. The van der Waals surface area contributed by atoms with E-state index in [0.717, 1.165) is 17.7 Å². The van der Waals surface area contributed by atoms with E-state index >= 15 is 0 Å². The van der Waals surface area contributed by atoms with Gasteiger partial charge in [0.2, 0.25) is 0 Å². The number of carboxylic acids is 1. The number of rotatable bonds is 7. The van der Waals surface area contributed by atoms with Crippen LogP contribution in [-0.4, -0.2) is 23.0 Å². The first kappa shape index (κ1) is 18.2. The standard InChI is InChI=1S/C17H21N3O3/c1-4-11(2)14-7-5-6-8-15(14)19-10-13(9-18)16(21)20-12(3)17(22)23/h5-8,10-12,19H,4H2,1-3H3,(H,20,21)(H,22,23)/b13-10-. The summed E-state index contributed by atoms with van der Waals surface area (Å²) in [5, 5.41) is 23.1. The third-order valence-corrected chi connectivity index (χ3v) is 3.56. The van der Waals surface area contributed by atoms with Crippen molar-refractivity contribution in [2.45, 2.75) is 39.2 Å². The number of nitrogens with one attached hydrogen (secondary N) is 2. The van der Waals surface area contributed by atoms with Crippen molar-refractivity contribution in [3.05, 3.63) is 41.6 Å². The number of nitrogens with zero attached hydrogens (tertiary/aromatic N) is 1. The lowest BCUT2D eigenvalue weighted by Crippen LogP contribution is -2.39. The molecule has 0 heterocycles. The van der Waals surface area contributed by atoms with Crippen molar-refractivity contribution in [2.75, 3.05) is 5.32 Å². The molecule has 2 atom stereocenters. The number of para-hydroxylation sites is 1. The molecular formula is C17H21N3O3. The Balaban J connectivity index is 2.92. The second-order valence-corrected chi connectivity index (χ2v) is 5.24. The van der Waals surface area contributed by atoms with Crippen molar-refractivity contribution in [1.82, 2.24) is 5.32 Å². The van der Waals surface area contributed by atoms with Gasteiger partial charge in [0.1, 0.15) is 17.7 Å². The summed E-state index contributed by atoms with van der Waals surface area (Å²) in [5.41, 5.74) is 1.72. The Morgan fingerprint density at radius 3 is 2.57 bits per heavy atom. The highest BCUT2D eigenvalue weighted by Crippen LogP contribution is 2.26. The van der Waals surface area contributed by atoms with Gasteiger partial charge >= 0.3 is 5.97 Å². The van der Waals surface area contributed by atoms with Crippen LogP contribution in [0.3, 0.4) is 0 Å². The van der Waals surface area contributed by atoms with Crippen LogP contribution >= 0.6 is 0 Å². The first-order chi connectivity index (χ1) is 10.9. The molecule has 23 heavy (non-hydrogen) atoms. The highest BCUT2D eigenvalue weighted by molar-refractivity contribution is 5.99. The SMILES string of the molecule is CCC(C)c1ccccc1N/C=C(/C#N)C(=O)NC(C)C(=O)O. The molecule has 1 aromatic rings. The van der Waals surface area contributed by atoms with Crippen LogP contribution in [0.2, 0.25) is 0 Å². The number of amides is 1. The molecule has 0 saturated heterocycles. The fraction of sp³-hybridized carbons (Fsp3) is 0.353. The van der Waals surface area contributed by atoms with Crippen LogP contribution < -0.4 is 10.6 Å². The van der Waals surface area contributed by atoms with Crippen LogP contribution in [0.1, 0.15) is 38.7 Å². The lowest BCUT2D eigenvalue weighted by molar-refractivity contribution is -0.140. The van der Waals surface area contributed by atoms with Gasteiger partial charge in [-0.05, 0) is 30.9 Å². The van der Waals surface area contributed by atoms with E-state index in [4.69, 9.17) is 10.4 Å². The van der Waals surface area contributed by atoms with Crippen molar-refractivity contribution >= 4 is 17.6 Å². The summed E-state index contributed by atoms with van der Waals surface area (Å²) in [7, 11) is 0. The number of benzene rings is 1. The zero-order valence-corrected chi connectivity index (χ0v) is 13.5. The van der Waals surface area contributed by atoms with E-state index in [1.165, 1.54) is 13.1 Å². The summed E-state index contributed by atoms with van der Waals surface area (Å²) in [5.74, 6) is -1.56. The van der Waals surface area contributed by atoms with E-state index in [1.54, 1.807) is 6.07 Å². The normalized spacial score (nSPS) is 13.6. The van der Waals surface area contributed by atoms with E-state index in [1.807, 2.05) is 24.3 Å². The van der Waals surface area contributed by atoms with E-state index in [2.05, 4.69) is 24.5 Å². The van der Waals surface area contributed by atoms with Gasteiger partial charge in [0.05, 0.1) is 0 Å². The third-order valence-electron chi connectivity index (χ3n) is 3.56. The Kier molecular flexibility index (Phi) is 6.81. The summed E-state index contributed by atoms with van der Waals surface area (Å²) in [6.07, 6.45) is 2.26. The average Bonchev–Trinajstić information content (AvgIpc) is 2.54. The molecule has 0 aliphatic carbocycles. The van der Waals surface area contributed by atoms with Gasteiger partial charge in [-0.25, -0.2) is 0 Å². The minimum absolute atomic E-state index is 0.183. The topological polar surface area (TPSA) is 102 Å². The Hall–Kier alpha value is -2.81. The maximum Gasteiger partial charge on any atom is 0.325 e. The lowest BCUT2D eigenvalue weighted by atomic mass is 9.97. The molecule has 0 aliphatic rings. The van der Waals surface area contributed by atoms with E-state index in [9.17, 15) is 9.59 Å². The Morgan fingerprint density at radius 1 is 1.35 bits per heavy atom. The van der Waals surface area contributed by atoms with E-state index < -0.39 is 17.9 Å². The smallest absolute Gasteiger partial charge is 0.325 e. The molecule has 6 nitrogen and oxygen atoms in total. The van der Waals surface area contributed by atoms with Crippen molar-refractivity contribution in [3.8, 4) is 6.07 Å². The molecule has 0 bridgehead atoms. The molecule has 3 N–H and O–H groups in total.